The van der Waals surface area contributed by atoms with Crippen molar-refractivity contribution in [2.75, 3.05) is 14.2 Å². The fourth-order valence-corrected chi connectivity index (χ4v) is 3.44. The topological polar surface area (TPSA) is 98.0 Å². The van der Waals surface area contributed by atoms with Crippen LogP contribution < -0.4 is 20.7 Å². The van der Waals surface area contributed by atoms with Crippen molar-refractivity contribution in [3.63, 3.8) is 0 Å². The van der Waals surface area contributed by atoms with Crippen molar-refractivity contribution in [1.29, 1.82) is 0 Å². The summed E-state index contributed by atoms with van der Waals surface area (Å²) in [6.07, 6.45) is -6.42. The minimum atomic E-state index is -4.98. The Morgan fingerprint density at radius 1 is 1.03 bits per heavy atom. The molecule has 0 bridgehead atoms. The molecule has 36 heavy (non-hydrogen) atoms. The van der Waals surface area contributed by atoms with Crippen molar-refractivity contribution >= 4 is 21.9 Å². The average molecular weight is 577 g/mol. The predicted molar refractivity (Wildman–Crippen MR) is 120 cm³/mol. The molecular weight excluding hydrogens is 560 g/mol. The maximum absolute atomic E-state index is 14.8. The van der Waals surface area contributed by atoms with E-state index in [1.807, 2.05) is 0 Å². The number of aromatic nitrogens is 2. The van der Waals surface area contributed by atoms with E-state index in [9.17, 15) is 31.9 Å². The third-order valence-electron chi connectivity index (χ3n) is 4.76. The molecule has 0 N–H and O–H groups in total. The Kier molecular flexibility index (Phi) is 7.89. The first-order valence-corrected chi connectivity index (χ1v) is 10.6. The zero-order chi connectivity index (χ0) is 26.8. The van der Waals surface area contributed by atoms with Gasteiger partial charge in [0.05, 0.1) is 17.3 Å². The SMILES string of the molecule is COC(=O)[C@@H](OC)Oc1ccccc1Oc1cc(-n2c(=O)cc(C(F)(F)F)n(C)c2=O)c(F)cc1Br. The summed E-state index contributed by atoms with van der Waals surface area (Å²) in [5.41, 5.74) is -4.98. The molecule has 0 saturated carbocycles. The lowest BCUT2D eigenvalue weighted by Crippen LogP contribution is -2.41. The van der Waals surface area contributed by atoms with Crippen LogP contribution in [0.2, 0.25) is 0 Å². The fourth-order valence-electron chi connectivity index (χ4n) is 3.04. The highest BCUT2D eigenvalue weighted by atomic mass is 79.9. The Hall–Kier alpha value is -3.65. The highest BCUT2D eigenvalue weighted by molar-refractivity contribution is 9.10. The van der Waals surface area contributed by atoms with Crippen LogP contribution in [0.5, 0.6) is 17.2 Å². The van der Waals surface area contributed by atoms with Gasteiger partial charge >= 0.3 is 17.8 Å². The molecule has 0 aliphatic carbocycles. The number of nitrogens with zero attached hydrogens (tertiary/aromatic N) is 2. The zero-order valence-electron chi connectivity index (χ0n) is 18.8. The monoisotopic (exact) mass is 576 g/mol. The van der Waals surface area contributed by atoms with E-state index >= 15 is 0 Å². The number of hydrogen-bond acceptors (Lipinski definition) is 7. The van der Waals surface area contributed by atoms with Crippen LogP contribution >= 0.6 is 15.9 Å². The van der Waals surface area contributed by atoms with Crippen LogP contribution in [-0.4, -0.2) is 35.6 Å². The molecule has 0 aliphatic heterocycles. The molecule has 14 heteroatoms. The van der Waals surface area contributed by atoms with Gasteiger partial charge in [0.15, 0.2) is 11.5 Å². The minimum absolute atomic E-state index is 0.00869. The Labute approximate surface area is 208 Å². The summed E-state index contributed by atoms with van der Waals surface area (Å²) in [6, 6.07) is 7.96. The van der Waals surface area contributed by atoms with E-state index in [2.05, 4.69) is 20.7 Å². The molecule has 0 saturated heterocycles. The number of carbonyl (C=O) groups is 1. The lowest BCUT2D eigenvalue weighted by atomic mass is 10.2. The van der Waals surface area contributed by atoms with Crippen LogP contribution in [-0.2, 0) is 27.5 Å². The zero-order valence-corrected chi connectivity index (χ0v) is 20.3. The Morgan fingerprint density at radius 3 is 2.25 bits per heavy atom. The molecule has 0 radical (unpaired) electrons. The molecule has 1 heterocycles. The molecule has 3 rings (SSSR count). The van der Waals surface area contributed by atoms with Crippen molar-refractivity contribution in [1.82, 2.24) is 9.13 Å². The van der Waals surface area contributed by atoms with Gasteiger partial charge < -0.3 is 18.9 Å². The van der Waals surface area contributed by atoms with E-state index in [1.54, 1.807) is 12.1 Å². The quantitative estimate of drug-likeness (QED) is 0.240. The highest BCUT2D eigenvalue weighted by Crippen LogP contribution is 2.37. The lowest BCUT2D eigenvalue weighted by molar-refractivity contribution is -0.170. The average Bonchev–Trinajstić information content (AvgIpc) is 2.82. The molecule has 2 aromatic carbocycles. The Balaban J connectivity index is 2.09. The summed E-state index contributed by atoms with van der Waals surface area (Å²) in [6.45, 7) is 0. The standard InChI is InChI=1S/C22H17BrF4N2O7/c1-28-17(22(25,26)27)10-18(30)29(21(28)32)13-9-16(11(23)8-12(13)24)35-14-6-4-5-7-15(14)36-20(34-3)19(31)33-2/h4-10,20H,1-3H3/t20-/m0/s1. The van der Waals surface area contributed by atoms with E-state index in [4.69, 9.17) is 14.2 Å². The maximum Gasteiger partial charge on any atom is 0.431 e. The van der Waals surface area contributed by atoms with Gasteiger partial charge in [0.2, 0.25) is 0 Å². The van der Waals surface area contributed by atoms with Gasteiger partial charge in [-0.15, -0.1) is 0 Å². The first-order valence-electron chi connectivity index (χ1n) is 9.83. The van der Waals surface area contributed by atoms with Crippen LogP contribution in [0.15, 0.2) is 56.5 Å². The van der Waals surface area contributed by atoms with Gasteiger partial charge in [0.1, 0.15) is 17.3 Å². The molecule has 0 fully saturated rings. The molecule has 0 unspecified atom stereocenters. The van der Waals surface area contributed by atoms with Gasteiger partial charge in [-0.25, -0.2) is 18.5 Å². The molecule has 1 atom stereocenters. The van der Waals surface area contributed by atoms with E-state index in [1.165, 1.54) is 19.2 Å². The summed E-state index contributed by atoms with van der Waals surface area (Å²) < 4.78 is 75.4. The second kappa shape index (κ2) is 10.5. The summed E-state index contributed by atoms with van der Waals surface area (Å²) in [4.78, 5) is 36.8. The minimum Gasteiger partial charge on any atom is -0.464 e. The maximum atomic E-state index is 14.8. The van der Waals surface area contributed by atoms with Crippen LogP contribution in [0.3, 0.4) is 0 Å². The van der Waals surface area contributed by atoms with Crippen LogP contribution in [0.4, 0.5) is 17.6 Å². The number of alkyl halides is 3. The first-order chi connectivity index (χ1) is 16.9. The van der Waals surface area contributed by atoms with Crippen LogP contribution in [0, 0.1) is 5.82 Å². The van der Waals surface area contributed by atoms with E-state index in [0.29, 0.717) is 0 Å². The van der Waals surface area contributed by atoms with Crippen molar-refractivity contribution < 1.29 is 41.3 Å². The van der Waals surface area contributed by atoms with Gasteiger partial charge in [0, 0.05) is 26.3 Å². The van der Waals surface area contributed by atoms with E-state index in [-0.39, 0.29) is 36.9 Å². The van der Waals surface area contributed by atoms with E-state index < -0.39 is 46.9 Å². The smallest absolute Gasteiger partial charge is 0.431 e. The molecule has 1 aromatic heterocycles. The van der Waals surface area contributed by atoms with Gasteiger partial charge in [-0.2, -0.15) is 13.2 Å². The number of methoxy groups -OCH3 is 2. The molecule has 0 amide bonds. The predicted octanol–water partition coefficient (Wildman–Crippen LogP) is 3.77. The van der Waals surface area contributed by atoms with Crippen LogP contribution in [0.1, 0.15) is 5.69 Å². The Bertz CT molecular complexity index is 1420. The third-order valence-corrected chi connectivity index (χ3v) is 5.38. The number of rotatable bonds is 7. The molecule has 9 nitrogen and oxygen atoms in total. The summed E-state index contributed by atoms with van der Waals surface area (Å²) in [5.74, 6) is -2.05. The summed E-state index contributed by atoms with van der Waals surface area (Å²) in [7, 11) is 3.14. The van der Waals surface area contributed by atoms with Crippen molar-refractivity contribution in [3.8, 4) is 22.9 Å². The molecule has 0 aliphatic rings. The normalized spacial score (nSPS) is 12.2. The van der Waals surface area contributed by atoms with Crippen molar-refractivity contribution in [2.24, 2.45) is 7.05 Å². The molecule has 0 spiro atoms. The number of carbonyl (C=O) groups excluding carboxylic acids is 1. The van der Waals surface area contributed by atoms with Gasteiger partial charge in [-0.1, -0.05) is 12.1 Å². The summed E-state index contributed by atoms with van der Waals surface area (Å²) in [5, 5.41) is 0. The van der Waals surface area contributed by atoms with E-state index in [0.717, 1.165) is 26.3 Å². The lowest BCUT2D eigenvalue weighted by Gasteiger charge is -2.18. The van der Waals surface area contributed by atoms with Crippen molar-refractivity contribution in [2.45, 2.75) is 12.5 Å². The van der Waals surface area contributed by atoms with Gasteiger partial charge in [-0.3, -0.25) is 9.36 Å². The van der Waals surface area contributed by atoms with Gasteiger partial charge in [0.25, 0.3) is 11.8 Å². The second-order valence-corrected chi connectivity index (χ2v) is 7.89. The number of ether oxygens (including phenoxy) is 4. The Morgan fingerprint density at radius 2 is 1.67 bits per heavy atom. The molecule has 3 aromatic rings. The van der Waals surface area contributed by atoms with Gasteiger partial charge in [-0.05, 0) is 34.1 Å². The highest BCUT2D eigenvalue weighted by Gasteiger charge is 2.35. The fraction of sp³-hybridized carbons (Fsp3) is 0.227. The van der Waals surface area contributed by atoms with Crippen molar-refractivity contribution in [3.05, 3.63) is 79.3 Å². The first kappa shape index (κ1) is 26.9. The number of esters is 1. The summed E-state index contributed by atoms with van der Waals surface area (Å²) >= 11 is 3.10. The molecular formula is C22H17BrF4N2O7. The largest absolute Gasteiger partial charge is 0.464 e. The number of hydrogen-bond donors (Lipinski definition) is 0. The van der Waals surface area contributed by atoms with Crippen LogP contribution in [0.25, 0.3) is 5.69 Å². The number of benzene rings is 2. The molecule has 192 valence electrons. The number of para-hydroxylation sites is 2. The number of halogens is 5. The second-order valence-electron chi connectivity index (χ2n) is 7.03. The third kappa shape index (κ3) is 5.44.